The summed E-state index contributed by atoms with van der Waals surface area (Å²) in [7, 11) is -3.90. The van der Waals surface area contributed by atoms with Crippen LogP contribution in [0, 0.1) is 0 Å². The maximum Gasteiger partial charge on any atom is 0.418 e. The Hall–Kier alpha value is -2.71. The van der Waals surface area contributed by atoms with Crippen LogP contribution in [0.1, 0.15) is 23.3 Å². The molecular weight excluding hydrogens is 364 g/mol. The van der Waals surface area contributed by atoms with Gasteiger partial charge in [-0.05, 0) is 0 Å². The molecule has 1 saturated heterocycles. The molecular formula is C11H12N4O9S. The highest BCUT2D eigenvalue weighted by Crippen LogP contribution is 2.44. The Bertz CT molecular complexity index is 863. The summed E-state index contributed by atoms with van der Waals surface area (Å²) in [5.74, 6) is -2.04. The minimum absolute atomic E-state index is 0.0409. The number of hydroxylamine groups is 2. The lowest BCUT2D eigenvalue weighted by molar-refractivity contribution is -0.146. The number of nitrogens with zero attached hydrogens (tertiary/aromatic N) is 4. The molecule has 0 aromatic carbocycles. The molecule has 136 valence electrons. The number of carbonyl (C=O) groups is 3. The number of carbonyl (C=O) groups excluding carboxylic acids is 2. The lowest BCUT2D eigenvalue weighted by Crippen LogP contribution is -2.39. The standard InChI is InChI=1S/C11H12N4O9S/c1-23-10(18)9-8-5(2-13(12-8)4-7(16)17)6-3-14(9)11(19)15(6)24-25(20,21)22/h2,6,9H,3-4H2,1H3,(H,16,17)(H,20,21,22)/t6-,9+/m1/s1. The van der Waals surface area contributed by atoms with E-state index in [9.17, 15) is 22.8 Å². The Balaban J connectivity index is 2.08. The smallest absolute Gasteiger partial charge is 0.418 e. The number of rotatable bonds is 5. The number of ether oxygens (including phenoxy) is 1. The van der Waals surface area contributed by atoms with Gasteiger partial charge in [0.25, 0.3) is 0 Å². The molecule has 2 aliphatic rings. The van der Waals surface area contributed by atoms with Crippen molar-refractivity contribution in [1.29, 1.82) is 0 Å². The Kier molecular flexibility index (Phi) is 3.89. The van der Waals surface area contributed by atoms with Crippen LogP contribution in [0.15, 0.2) is 6.20 Å². The predicted molar refractivity (Wildman–Crippen MR) is 73.9 cm³/mol. The molecule has 0 unspecified atom stereocenters. The molecule has 0 spiro atoms. The van der Waals surface area contributed by atoms with Crippen LogP contribution in [0.3, 0.4) is 0 Å². The van der Waals surface area contributed by atoms with Crippen LogP contribution in [-0.2, 0) is 35.6 Å². The summed E-state index contributed by atoms with van der Waals surface area (Å²) < 4.78 is 40.8. The highest BCUT2D eigenvalue weighted by Gasteiger charge is 2.54. The third-order valence-corrected chi connectivity index (χ3v) is 4.08. The molecule has 3 rings (SSSR count). The minimum Gasteiger partial charge on any atom is -0.480 e. The van der Waals surface area contributed by atoms with Gasteiger partial charge < -0.3 is 14.7 Å². The van der Waals surface area contributed by atoms with E-state index in [2.05, 4.69) is 14.1 Å². The van der Waals surface area contributed by atoms with Crippen LogP contribution in [-0.4, -0.2) is 69.4 Å². The number of carboxylic acids is 1. The van der Waals surface area contributed by atoms with Gasteiger partial charge in [-0.15, -0.1) is 4.28 Å². The van der Waals surface area contributed by atoms with Gasteiger partial charge in [0.05, 0.1) is 13.7 Å². The van der Waals surface area contributed by atoms with E-state index < -0.39 is 47.0 Å². The van der Waals surface area contributed by atoms with Crippen molar-refractivity contribution in [3.63, 3.8) is 0 Å². The maximum atomic E-state index is 12.3. The topological polar surface area (TPSA) is 169 Å². The highest BCUT2D eigenvalue weighted by atomic mass is 32.3. The highest BCUT2D eigenvalue weighted by molar-refractivity contribution is 7.80. The second-order valence-electron chi connectivity index (χ2n) is 5.27. The van der Waals surface area contributed by atoms with Crippen LogP contribution < -0.4 is 0 Å². The number of hydrogen-bond acceptors (Lipinski definition) is 8. The first-order valence-corrected chi connectivity index (χ1v) is 8.12. The van der Waals surface area contributed by atoms with Crippen molar-refractivity contribution < 1.29 is 41.5 Å². The van der Waals surface area contributed by atoms with Crippen LogP contribution in [0.2, 0.25) is 0 Å². The first-order valence-electron chi connectivity index (χ1n) is 6.76. The van der Waals surface area contributed by atoms with Crippen LogP contribution in [0.4, 0.5) is 4.79 Å². The molecule has 25 heavy (non-hydrogen) atoms. The van der Waals surface area contributed by atoms with Gasteiger partial charge in [-0.3, -0.25) is 14.0 Å². The average Bonchev–Trinajstić information content (AvgIpc) is 3.01. The quantitative estimate of drug-likeness (QED) is 0.465. The van der Waals surface area contributed by atoms with Crippen molar-refractivity contribution >= 4 is 28.4 Å². The number of urea groups is 1. The average molecular weight is 376 g/mol. The Morgan fingerprint density at radius 1 is 1.44 bits per heavy atom. The number of methoxy groups -OCH3 is 1. The molecule has 2 amide bonds. The number of amides is 2. The fourth-order valence-electron chi connectivity index (χ4n) is 2.86. The van der Waals surface area contributed by atoms with Crippen molar-refractivity contribution in [3.8, 4) is 0 Å². The van der Waals surface area contributed by atoms with E-state index in [-0.39, 0.29) is 17.8 Å². The van der Waals surface area contributed by atoms with Gasteiger partial charge in [0.2, 0.25) is 0 Å². The lowest BCUT2D eigenvalue weighted by Gasteiger charge is -2.27. The van der Waals surface area contributed by atoms with Crippen LogP contribution in [0.5, 0.6) is 0 Å². The van der Waals surface area contributed by atoms with Crippen molar-refractivity contribution in [1.82, 2.24) is 19.7 Å². The van der Waals surface area contributed by atoms with E-state index in [1.54, 1.807) is 0 Å². The Morgan fingerprint density at radius 2 is 2.12 bits per heavy atom. The summed E-state index contributed by atoms with van der Waals surface area (Å²) >= 11 is 0. The molecule has 0 radical (unpaired) electrons. The molecule has 13 nitrogen and oxygen atoms in total. The zero-order valence-electron chi connectivity index (χ0n) is 12.6. The number of esters is 1. The van der Waals surface area contributed by atoms with Crippen molar-refractivity contribution in [2.75, 3.05) is 13.7 Å². The molecule has 2 aliphatic heterocycles. The Labute approximate surface area is 140 Å². The van der Waals surface area contributed by atoms with E-state index in [0.717, 1.165) is 16.7 Å². The van der Waals surface area contributed by atoms with E-state index in [4.69, 9.17) is 9.66 Å². The van der Waals surface area contributed by atoms with Gasteiger partial charge >= 0.3 is 28.4 Å². The molecule has 2 atom stereocenters. The molecule has 2 N–H and O–H groups in total. The molecule has 1 aromatic heterocycles. The van der Waals surface area contributed by atoms with Crippen molar-refractivity contribution in [2.24, 2.45) is 0 Å². The van der Waals surface area contributed by atoms with Gasteiger partial charge in [0.15, 0.2) is 6.04 Å². The second-order valence-corrected chi connectivity index (χ2v) is 6.27. The molecule has 1 aromatic rings. The normalized spacial score (nSPS) is 22.1. The summed E-state index contributed by atoms with van der Waals surface area (Å²) in [4.78, 5) is 36.2. The fraction of sp³-hybridized carbons (Fsp3) is 0.455. The molecule has 1 fully saturated rings. The monoisotopic (exact) mass is 376 g/mol. The van der Waals surface area contributed by atoms with Gasteiger partial charge in [0, 0.05) is 11.8 Å². The van der Waals surface area contributed by atoms with Gasteiger partial charge in [0.1, 0.15) is 18.3 Å². The Morgan fingerprint density at radius 3 is 2.68 bits per heavy atom. The molecule has 3 heterocycles. The molecule has 14 heteroatoms. The van der Waals surface area contributed by atoms with E-state index in [1.807, 2.05) is 0 Å². The maximum absolute atomic E-state index is 12.3. The van der Waals surface area contributed by atoms with Crippen LogP contribution >= 0.6 is 0 Å². The first-order chi connectivity index (χ1) is 11.6. The molecule has 2 bridgehead atoms. The zero-order valence-corrected chi connectivity index (χ0v) is 13.4. The number of carboxylic acid groups (broad SMARTS) is 1. The summed E-state index contributed by atoms with van der Waals surface area (Å²) in [6.07, 6.45) is 1.26. The SMILES string of the molecule is COC(=O)[C@@H]1c2nn(CC(=O)O)cc2[C@H]2CN1C(=O)N2OS(=O)(=O)O. The molecule has 0 saturated carbocycles. The van der Waals surface area contributed by atoms with E-state index in [0.29, 0.717) is 5.06 Å². The van der Waals surface area contributed by atoms with Crippen LogP contribution in [0.25, 0.3) is 0 Å². The lowest BCUT2D eigenvalue weighted by atomic mass is 9.98. The van der Waals surface area contributed by atoms with Gasteiger partial charge in [-0.2, -0.15) is 18.6 Å². The third-order valence-electron chi connectivity index (χ3n) is 3.73. The van der Waals surface area contributed by atoms with Crippen molar-refractivity contribution in [3.05, 3.63) is 17.5 Å². The predicted octanol–water partition coefficient (Wildman–Crippen LogP) is -1.29. The first kappa shape index (κ1) is 17.1. The third kappa shape index (κ3) is 2.90. The zero-order chi connectivity index (χ0) is 18.5. The minimum atomic E-state index is -5.00. The van der Waals surface area contributed by atoms with Crippen molar-refractivity contribution in [2.45, 2.75) is 18.6 Å². The number of aromatic nitrogens is 2. The van der Waals surface area contributed by atoms with E-state index >= 15 is 0 Å². The molecule has 0 aliphatic carbocycles. The summed E-state index contributed by atoms with van der Waals surface area (Å²) in [5.41, 5.74) is 0.251. The fourth-order valence-corrected chi connectivity index (χ4v) is 3.23. The van der Waals surface area contributed by atoms with Gasteiger partial charge in [-0.1, -0.05) is 0 Å². The summed E-state index contributed by atoms with van der Waals surface area (Å²) in [6, 6.07) is -3.29. The van der Waals surface area contributed by atoms with Gasteiger partial charge in [-0.25, -0.2) is 9.59 Å². The summed E-state index contributed by atoms with van der Waals surface area (Å²) in [5, 5.41) is 13.3. The largest absolute Gasteiger partial charge is 0.480 e. The number of aliphatic carboxylic acids is 1. The summed E-state index contributed by atoms with van der Waals surface area (Å²) in [6.45, 7) is -0.652. The number of fused-ring (bicyclic) bond motifs is 4. The number of hydrogen-bond donors (Lipinski definition) is 2. The second kappa shape index (κ2) is 5.68. The van der Waals surface area contributed by atoms with E-state index in [1.165, 1.54) is 6.20 Å².